The molecule has 33 heavy (non-hydrogen) atoms. The molecule has 174 valence electrons. The summed E-state index contributed by atoms with van der Waals surface area (Å²) in [5.74, 6) is -4.58. The third kappa shape index (κ3) is 4.80. The molecule has 0 saturated carbocycles. The molecule has 1 atom stereocenters. The molecule has 1 heterocycles. The number of imide groups is 1. The van der Waals surface area contributed by atoms with Gasteiger partial charge in [0.05, 0.1) is 31.2 Å². The van der Waals surface area contributed by atoms with Crippen LogP contribution in [-0.4, -0.2) is 41.2 Å². The first-order chi connectivity index (χ1) is 15.5. The zero-order valence-corrected chi connectivity index (χ0v) is 20.1. The molecule has 0 saturated heterocycles. The minimum atomic E-state index is -1.39. The number of anilines is 1. The van der Waals surface area contributed by atoms with Crippen LogP contribution in [-0.2, 0) is 14.3 Å². The fourth-order valence-electron chi connectivity index (χ4n) is 3.25. The molecule has 7 nitrogen and oxygen atoms in total. The highest BCUT2D eigenvalue weighted by atomic mass is 35.5. The Morgan fingerprint density at radius 2 is 1.42 bits per heavy atom. The number of rotatable bonds is 6. The molecular formula is C21H15Cl4FN2O5. The molecule has 0 aromatic heterocycles. The lowest BCUT2D eigenvalue weighted by Crippen LogP contribution is -2.49. The SMILES string of the molecule is CC(C)[C@@H](C(=O)OCC(=O)Nc1ccc(F)cc1)N1C(=O)c2c(Cl)c(Cl)c(Cl)c(Cl)c2C1=O. The van der Waals surface area contributed by atoms with Gasteiger partial charge in [-0.15, -0.1) is 0 Å². The third-order valence-electron chi connectivity index (χ3n) is 4.76. The smallest absolute Gasteiger partial charge is 0.330 e. The van der Waals surface area contributed by atoms with Crippen molar-refractivity contribution in [2.75, 3.05) is 11.9 Å². The van der Waals surface area contributed by atoms with Crippen molar-refractivity contribution in [3.63, 3.8) is 0 Å². The largest absolute Gasteiger partial charge is 0.454 e. The third-order valence-corrected chi connectivity index (χ3v) is 6.56. The fraction of sp³-hybridized carbons (Fsp3) is 0.238. The highest BCUT2D eigenvalue weighted by Crippen LogP contribution is 2.45. The maximum absolute atomic E-state index is 13.0. The molecule has 1 aliphatic heterocycles. The van der Waals surface area contributed by atoms with Crippen LogP contribution in [0.15, 0.2) is 24.3 Å². The van der Waals surface area contributed by atoms with Crippen LogP contribution in [0.4, 0.5) is 10.1 Å². The van der Waals surface area contributed by atoms with Gasteiger partial charge in [0.25, 0.3) is 17.7 Å². The number of hydrogen-bond acceptors (Lipinski definition) is 5. The lowest BCUT2D eigenvalue weighted by molar-refractivity contribution is -0.152. The van der Waals surface area contributed by atoms with Crippen LogP contribution in [0.25, 0.3) is 0 Å². The molecule has 3 amide bonds. The Morgan fingerprint density at radius 1 is 0.939 bits per heavy atom. The van der Waals surface area contributed by atoms with Crippen molar-refractivity contribution in [1.82, 2.24) is 4.90 Å². The van der Waals surface area contributed by atoms with E-state index in [2.05, 4.69) is 5.32 Å². The first-order valence-electron chi connectivity index (χ1n) is 9.41. The summed E-state index contributed by atoms with van der Waals surface area (Å²) >= 11 is 24.3. The molecule has 0 aliphatic carbocycles. The lowest BCUT2D eigenvalue weighted by Gasteiger charge is -2.27. The second kappa shape index (κ2) is 9.85. The molecule has 2 aromatic carbocycles. The van der Waals surface area contributed by atoms with E-state index in [4.69, 9.17) is 51.1 Å². The highest BCUT2D eigenvalue weighted by Gasteiger charge is 2.48. The predicted molar refractivity (Wildman–Crippen MR) is 122 cm³/mol. The van der Waals surface area contributed by atoms with Crippen LogP contribution in [0.2, 0.25) is 20.1 Å². The maximum Gasteiger partial charge on any atom is 0.330 e. The van der Waals surface area contributed by atoms with E-state index in [0.717, 1.165) is 12.1 Å². The highest BCUT2D eigenvalue weighted by molar-refractivity contribution is 6.55. The molecule has 0 fully saturated rings. The van der Waals surface area contributed by atoms with Gasteiger partial charge in [-0.05, 0) is 30.2 Å². The normalized spacial score (nSPS) is 13.9. The number of nitrogens with zero attached hydrogens (tertiary/aromatic N) is 1. The summed E-state index contributed by atoms with van der Waals surface area (Å²) in [7, 11) is 0. The molecule has 1 N–H and O–H groups in total. The average molecular weight is 536 g/mol. The van der Waals surface area contributed by atoms with Crippen LogP contribution >= 0.6 is 46.4 Å². The Labute approximate surface area is 207 Å². The first-order valence-corrected chi connectivity index (χ1v) is 10.9. The van der Waals surface area contributed by atoms with Crippen molar-refractivity contribution in [2.45, 2.75) is 19.9 Å². The van der Waals surface area contributed by atoms with Crippen LogP contribution in [0.3, 0.4) is 0 Å². The number of ether oxygens (including phenoxy) is 1. The second-order valence-corrected chi connectivity index (χ2v) is 8.85. The Hall–Kier alpha value is -2.39. The van der Waals surface area contributed by atoms with E-state index in [9.17, 15) is 23.6 Å². The van der Waals surface area contributed by atoms with E-state index < -0.39 is 48.1 Å². The van der Waals surface area contributed by atoms with E-state index in [-0.39, 0.29) is 36.9 Å². The number of carbonyl (C=O) groups excluding carboxylic acids is 4. The van der Waals surface area contributed by atoms with Crippen molar-refractivity contribution < 1.29 is 28.3 Å². The molecule has 3 rings (SSSR count). The monoisotopic (exact) mass is 534 g/mol. The zero-order chi connectivity index (χ0) is 24.6. The molecule has 0 radical (unpaired) electrons. The van der Waals surface area contributed by atoms with Gasteiger partial charge in [0.1, 0.15) is 11.9 Å². The van der Waals surface area contributed by atoms with Gasteiger partial charge in [-0.2, -0.15) is 0 Å². The van der Waals surface area contributed by atoms with Crippen molar-refractivity contribution in [3.8, 4) is 0 Å². The molecule has 0 bridgehead atoms. The van der Waals surface area contributed by atoms with E-state index in [0.29, 0.717) is 4.90 Å². The summed E-state index contributed by atoms with van der Waals surface area (Å²) in [6.07, 6.45) is 0. The Balaban J connectivity index is 1.80. The van der Waals surface area contributed by atoms with Gasteiger partial charge in [-0.25, -0.2) is 9.18 Å². The summed E-state index contributed by atoms with van der Waals surface area (Å²) in [4.78, 5) is 51.6. The van der Waals surface area contributed by atoms with Crippen molar-refractivity contribution >= 4 is 75.8 Å². The van der Waals surface area contributed by atoms with Crippen molar-refractivity contribution in [1.29, 1.82) is 0 Å². The van der Waals surface area contributed by atoms with Gasteiger partial charge in [-0.3, -0.25) is 19.3 Å². The van der Waals surface area contributed by atoms with Crippen LogP contribution in [0.1, 0.15) is 34.6 Å². The zero-order valence-electron chi connectivity index (χ0n) is 17.0. The van der Waals surface area contributed by atoms with Gasteiger partial charge in [-0.1, -0.05) is 60.3 Å². The Kier molecular flexibility index (Phi) is 7.53. The quantitative estimate of drug-likeness (QED) is 0.236. The second-order valence-electron chi connectivity index (χ2n) is 7.34. The fourth-order valence-corrected chi connectivity index (χ4v) is 4.26. The number of benzene rings is 2. The summed E-state index contributed by atoms with van der Waals surface area (Å²) in [5.41, 5.74) is -0.251. The summed E-state index contributed by atoms with van der Waals surface area (Å²) in [5, 5.41) is 1.49. The molecule has 2 aromatic rings. The topological polar surface area (TPSA) is 92.8 Å². The molecule has 0 spiro atoms. The number of halogens is 5. The summed E-state index contributed by atoms with van der Waals surface area (Å²) < 4.78 is 18.0. The van der Waals surface area contributed by atoms with E-state index >= 15 is 0 Å². The number of nitrogens with one attached hydrogen (secondary N) is 1. The first kappa shape index (κ1) is 25.2. The number of fused-ring (bicyclic) bond motifs is 1. The van der Waals surface area contributed by atoms with Gasteiger partial charge in [0, 0.05) is 5.69 Å². The predicted octanol–water partition coefficient (Wildman–Crippen LogP) is 5.24. The van der Waals surface area contributed by atoms with Gasteiger partial charge >= 0.3 is 5.97 Å². The van der Waals surface area contributed by atoms with Crippen LogP contribution in [0.5, 0.6) is 0 Å². The average Bonchev–Trinajstić information content (AvgIpc) is 3.01. The van der Waals surface area contributed by atoms with Crippen molar-refractivity contribution in [2.24, 2.45) is 5.92 Å². The Bertz CT molecular complexity index is 1120. The number of carbonyl (C=O) groups is 4. The number of esters is 1. The van der Waals surface area contributed by atoms with Crippen LogP contribution in [0, 0.1) is 11.7 Å². The van der Waals surface area contributed by atoms with E-state index in [1.165, 1.54) is 12.1 Å². The van der Waals surface area contributed by atoms with Gasteiger partial charge < -0.3 is 10.1 Å². The van der Waals surface area contributed by atoms with Gasteiger partial charge in [0.15, 0.2) is 6.61 Å². The number of amides is 3. The van der Waals surface area contributed by atoms with Crippen molar-refractivity contribution in [3.05, 3.63) is 61.3 Å². The number of hydrogen-bond donors (Lipinski definition) is 1. The Morgan fingerprint density at radius 3 is 1.88 bits per heavy atom. The maximum atomic E-state index is 13.0. The van der Waals surface area contributed by atoms with E-state index in [1.54, 1.807) is 13.8 Å². The summed E-state index contributed by atoms with van der Waals surface area (Å²) in [6, 6.07) is 3.56. The molecule has 1 aliphatic rings. The molecular weight excluding hydrogens is 521 g/mol. The summed E-state index contributed by atoms with van der Waals surface area (Å²) in [6.45, 7) is 2.45. The molecule has 0 unspecified atom stereocenters. The minimum absolute atomic E-state index is 0.203. The minimum Gasteiger partial charge on any atom is -0.454 e. The van der Waals surface area contributed by atoms with Crippen LogP contribution < -0.4 is 5.32 Å². The molecule has 12 heteroatoms. The van der Waals surface area contributed by atoms with E-state index in [1.807, 2.05) is 0 Å². The lowest BCUT2D eigenvalue weighted by atomic mass is 10.0. The standard InChI is InChI=1S/C21H15Cl4FN2O5/c1-8(2)18(21(32)33-7-11(29)27-10-5-3-9(26)4-6-10)28-19(30)12-13(20(28)31)15(23)17(25)16(24)14(12)22/h3-6,8,18H,7H2,1-2H3,(H,27,29)/t18-/m0/s1. The van der Waals surface area contributed by atoms with Gasteiger partial charge in [0.2, 0.25) is 0 Å².